The van der Waals surface area contributed by atoms with E-state index in [1.807, 2.05) is 0 Å². The van der Waals surface area contributed by atoms with E-state index in [0.717, 1.165) is 0 Å². The van der Waals surface area contributed by atoms with Crippen molar-refractivity contribution in [1.82, 2.24) is 0 Å². The van der Waals surface area contributed by atoms with Gasteiger partial charge in [0.05, 0.1) is 17.9 Å². The molecule has 5 heteroatoms. The molecule has 0 amide bonds. The van der Waals surface area contributed by atoms with E-state index in [2.05, 4.69) is 4.79 Å². The van der Waals surface area contributed by atoms with Gasteiger partial charge in [-0.25, -0.2) is 0 Å². The number of methoxy groups -OCH3 is 1. The molecule has 0 fully saturated rings. The second kappa shape index (κ2) is 4.60. The standard InChI is InChI=1S/C18H10N2O3/c1-23-12-8-4-7-11-13(12)18(22)15-14(17(11)21)9-5-2-3-6-10(9)16(15)20-19/h2-8H,1H3/i16+1. The zero-order valence-electron chi connectivity index (χ0n) is 12.2. The van der Waals surface area contributed by atoms with E-state index in [4.69, 9.17) is 4.74 Å². The predicted molar refractivity (Wildman–Crippen MR) is 85.0 cm³/mol. The first kappa shape index (κ1) is 13.4. The lowest BCUT2D eigenvalue weighted by Gasteiger charge is -2.02. The second-order valence-electron chi connectivity index (χ2n) is 5.29. The molecule has 0 aromatic heterocycles. The number of hydrogen-bond donors (Lipinski definition) is 0. The van der Waals surface area contributed by atoms with Gasteiger partial charge in [-0.15, -0.1) is 0 Å². The van der Waals surface area contributed by atoms with Crippen LogP contribution in [0.25, 0.3) is 27.1 Å². The van der Waals surface area contributed by atoms with E-state index in [9.17, 15) is 15.1 Å². The minimum atomic E-state index is -0.365. The Morgan fingerprint density at radius 3 is 2.26 bits per heavy atom. The van der Waals surface area contributed by atoms with Crippen molar-refractivity contribution in [3.63, 3.8) is 0 Å². The van der Waals surface area contributed by atoms with E-state index in [1.165, 1.54) is 7.11 Å². The maximum atomic E-state index is 13.0. The molecule has 0 spiro atoms. The third kappa shape index (κ3) is 1.57. The maximum Gasteiger partial charge on any atom is 0.335 e. The van der Waals surface area contributed by atoms with Crippen molar-refractivity contribution in [2.45, 2.75) is 0 Å². The highest BCUT2D eigenvalue weighted by Gasteiger charge is 2.20. The quantitative estimate of drug-likeness (QED) is 0.394. The monoisotopic (exact) mass is 303 g/mol. The second-order valence-corrected chi connectivity index (χ2v) is 5.29. The summed E-state index contributed by atoms with van der Waals surface area (Å²) in [5.41, 5.74) is 8.76. The summed E-state index contributed by atoms with van der Waals surface area (Å²) in [6, 6.07) is 11.9. The maximum absolute atomic E-state index is 13.0. The smallest absolute Gasteiger partial charge is 0.335 e. The van der Waals surface area contributed by atoms with Gasteiger partial charge in [0.15, 0.2) is 5.43 Å². The van der Waals surface area contributed by atoms with E-state index < -0.39 is 0 Å². The molecule has 2 aliphatic rings. The van der Waals surface area contributed by atoms with Crippen LogP contribution in [0.4, 0.5) is 0 Å². The fourth-order valence-electron chi connectivity index (χ4n) is 3.24. The van der Waals surface area contributed by atoms with Gasteiger partial charge in [-0.05, 0) is 12.1 Å². The number of benzene rings is 2. The Balaban J connectivity index is 2.58. The Bertz CT molecular complexity index is 1340. The first-order valence-electron chi connectivity index (χ1n) is 7.02. The first-order valence-corrected chi connectivity index (χ1v) is 7.02. The molecule has 0 atom stereocenters. The lowest BCUT2D eigenvalue weighted by Crippen LogP contribution is -2.20. The highest BCUT2D eigenvalue weighted by Crippen LogP contribution is 2.21. The van der Waals surface area contributed by atoms with E-state index in [1.54, 1.807) is 42.5 Å². The topological polar surface area (TPSA) is 79.8 Å². The fourth-order valence-corrected chi connectivity index (χ4v) is 3.24. The van der Waals surface area contributed by atoms with E-state index >= 15 is 0 Å². The molecule has 2 aromatic rings. The summed E-state index contributed by atoms with van der Waals surface area (Å²) in [7, 11) is 1.45. The molecule has 0 unspecified atom stereocenters. The largest absolute Gasteiger partial charge is 0.496 e. The number of fused-ring (bicyclic) bond motifs is 3. The molecule has 0 bridgehead atoms. The molecule has 2 aromatic carbocycles. The SMILES string of the molecule is COc1cccc2c(=O)c3c4ccccc4[13c](=[N+]=[N-])c=3c(=O)c12. The lowest BCUT2D eigenvalue weighted by atomic mass is 10.1. The van der Waals surface area contributed by atoms with Crippen LogP contribution >= 0.6 is 0 Å². The Labute approximate surface area is 129 Å². The number of nitrogens with zero attached hydrogens (tertiary/aromatic N) is 2. The van der Waals surface area contributed by atoms with Crippen molar-refractivity contribution in [2.24, 2.45) is 0 Å². The fraction of sp³-hybridized carbons (Fsp3) is 0.0556. The number of ether oxygens (including phenoxy) is 1. The molecule has 2 aliphatic carbocycles. The molecule has 0 saturated carbocycles. The summed E-state index contributed by atoms with van der Waals surface area (Å²) >= 11 is 0. The van der Waals surface area contributed by atoms with Gasteiger partial charge < -0.3 is 10.3 Å². The summed E-state index contributed by atoms with van der Waals surface area (Å²) in [5.74, 6) is 0.334. The minimum Gasteiger partial charge on any atom is -0.496 e. The summed E-state index contributed by atoms with van der Waals surface area (Å²) in [5, 5.41) is 2.27. The molecule has 0 heterocycles. The zero-order valence-corrected chi connectivity index (χ0v) is 12.2. The van der Waals surface area contributed by atoms with Crippen molar-refractivity contribution in [3.05, 3.63) is 84.2 Å². The minimum absolute atomic E-state index is 0.130. The van der Waals surface area contributed by atoms with Gasteiger partial charge in [0.2, 0.25) is 5.43 Å². The Hall–Kier alpha value is -3.30. The van der Waals surface area contributed by atoms with Gasteiger partial charge in [0.25, 0.3) is 0 Å². The van der Waals surface area contributed by atoms with Crippen molar-refractivity contribution >= 4 is 21.5 Å². The third-order valence-corrected chi connectivity index (χ3v) is 4.21. The van der Waals surface area contributed by atoms with Crippen LogP contribution in [0.5, 0.6) is 5.75 Å². The summed E-state index contributed by atoms with van der Waals surface area (Å²) < 4.78 is 5.23. The molecule has 110 valence electrons. The molecular weight excluding hydrogens is 293 g/mol. The van der Waals surface area contributed by atoms with E-state index in [0.29, 0.717) is 27.1 Å². The number of rotatable bonds is 1. The molecule has 0 saturated heterocycles. The Kier molecular flexibility index (Phi) is 2.67. The highest BCUT2D eigenvalue weighted by atomic mass is 16.5. The van der Waals surface area contributed by atoms with Crippen LogP contribution in [-0.4, -0.2) is 11.9 Å². The van der Waals surface area contributed by atoms with Crippen LogP contribution < -0.4 is 21.0 Å². The first-order chi connectivity index (χ1) is 11.2. The van der Waals surface area contributed by atoms with Gasteiger partial charge in [0, 0.05) is 16.0 Å². The average molecular weight is 303 g/mol. The van der Waals surface area contributed by atoms with Crippen molar-refractivity contribution < 1.29 is 9.53 Å². The van der Waals surface area contributed by atoms with Gasteiger partial charge in [-0.3, -0.25) is 9.59 Å². The molecule has 0 N–H and O–H groups in total. The van der Waals surface area contributed by atoms with Crippen molar-refractivity contribution in [2.75, 3.05) is 7.11 Å². The van der Waals surface area contributed by atoms with Crippen molar-refractivity contribution in [3.8, 4) is 5.75 Å². The van der Waals surface area contributed by atoms with Gasteiger partial charge in [-0.2, -0.15) is 4.79 Å². The number of hydrogen-bond acceptors (Lipinski definition) is 3. The summed E-state index contributed by atoms with van der Waals surface area (Å²) in [6.07, 6.45) is 0. The van der Waals surface area contributed by atoms with Gasteiger partial charge >= 0.3 is 5.36 Å². The van der Waals surface area contributed by atoms with Crippen LogP contribution in [0.3, 0.4) is 0 Å². The van der Waals surface area contributed by atoms with Gasteiger partial charge in [-0.1, -0.05) is 30.3 Å². The van der Waals surface area contributed by atoms with Crippen LogP contribution in [0, 0.1) is 10.4 Å². The predicted octanol–water partition coefficient (Wildman–Crippen LogP) is 1.45. The van der Waals surface area contributed by atoms with Gasteiger partial charge in [0.1, 0.15) is 11.0 Å². The Morgan fingerprint density at radius 1 is 0.870 bits per heavy atom. The molecule has 0 radical (unpaired) electrons. The van der Waals surface area contributed by atoms with Crippen LogP contribution in [-0.2, 0) is 0 Å². The van der Waals surface area contributed by atoms with Crippen LogP contribution in [0.2, 0.25) is 0 Å². The van der Waals surface area contributed by atoms with Crippen LogP contribution in [0.1, 0.15) is 0 Å². The third-order valence-electron chi connectivity index (χ3n) is 4.21. The lowest BCUT2D eigenvalue weighted by molar-refractivity contribution is -0.0635. The molecule has 0 aliphatic heterocycles. The molecular formula is C18H10N2O3. The molecule has 5 nitrogen and oxygen atoms in total. The molecule has 23 heavy (non-hydrogen) atoms. The normalized spacial score (nSPS) is 11.2. The summed E-state index contributed by atoms with van der Waals surface area (Å²) in [6.45, 7) is 0. The summed E-state index contributed by atoms with van der Waals surface area (Å²) in [4.78, 5) is 29.2. The van der Waals surface area contributed by atoms with Crippen molar-refractivity contribution in [1.29, 1.82) is 0 Å². The van der Waals surface area contributed by atoms with Crippen LogP contribution in [0.15, 0.2) is 52.1 Å². The average Bonchev–Trinajstić information content (AvgIpc) is 2.93. The highest BCUT2D eigenvalue weighted by molar-refractivity contribution is 5.92. The Morgan fingerprint density at radius 2 is 1.57 bits per heavy atom. The molecule has 4 rings (SSSR count). The van der Waals surface area contributed by atoms with E-state index in [-0.39, 0.29) is 26.8 Å². The zero-order chi connectivity index (χ0) is 16.1.